The predicted octanol–water partition coefficient (Wildman–Crippen LogP) is 3.88. The molecule has 0 atom stereocenters. The molecule has 1 saturated carbocycles. The molecule has 0 amide bonds. The molecule has 9 nitrogen and oxygen atoms in total. The Morgan fingerprint density at radius 2 is 1.91 bits per heavy atom. The molecule has 11 heteroatoms. The SMILES string of the molecule is COC(=O)c1ccc(C2CC2)c(S(=O)(=O)Nc2cc(-c3ncnn3C)c(F)cc2-n2cccc2)c1. The first-order chi connectivity index (χ1) is 16.8. The summed E-state index contributed by atoms with van der Waals surface area (Å²) in [7, 11) is -1.32. The lowest BCUT2D eigenvalue weighted by atomic mass is 10.1. The molecule has 0 saturated heterocycles. The molecule has 0 bridgehead atoms. The van der Waals surface area contributed by atoms with Gasteiger partial charge < -0.3 is 9.30 Å². The maximum absolute atomic E-state index is 15.2. The first kappa shape index (κ1) is 22.8. The van der Waals surface area contributed by atoms with Gasteiger partial charge in [-0.2, -0.15) is 5.10 Å². The number of ether oxygens (including phenoxy) is 1. The second-order valence-corrected chi connectivity index (χ2v) is 9.92. The van der Waals surface area contributed by atoms with Crippen LogP contribution in [0.1, 0.15) is 34.7 Å². The van der Waals surface area contributed by atoms with Crippen LogP contribution in [0, 0.1) is 5.82 Å². The molecule has 0 aliphatic heterocycles. The highest BCUT2D eigenvalue weighted by Crippen LogP contribution is 2.43. The Labute approximate surface area is 201 Å². The molecule has 35 heavy (non-hydrogen) atoms. The molecule has 1 fully saturated rings. The van der Waals surface area contributed by atoms with Gasteiger partial charge >= 0.3 is 5.97 Å². The minimum Gasteiger partial charge on any atom is -0.465 e. The number of hydrogen-bond acceptors (Lipinski definition) is 6. The van der Waals surface area contributed by atoms with Crippen molar-refractivity contribution in [2.45, 2.75) is 23.7 Å². The van der Waals surface area contributed by atoms with Crippen LogP contribution in [0.25, 0.3) is 17.1 Å². The summed E-state index contributed by atoms with van der Waals surface area (Å²) in [6.45, 7) is 0. The molecular formula is C24H22FN5O4S. The van der Waals surface area contributed by atoms with Crippen molar-refractivity contribution in [1.29, 1.82) is 0 Å². The maximum Gasteiger partial charge on any atom is 0.337 e. The van der Waals surface area contributed by atoms with Crippen LogP contribution in [-0.4, -0.2) is 40.8 Å². The fourth-order valence-corrected chi connectivity index (χ4v) is 5.40. The number of nitrogens with one attached hydrogen (secondary N) is 1. The molecule has 2 heterocycles. The van der Waals surface area contributed by atoms with E-state index >= 15 is 4.39 Å². The van der Waals surface area contributed by atoms with E-state index in [1.807, 2.05) is 0 Å². The van der Waals surface area contributed by atoms with Crippen molar-refractivity contribution < 1.29 is 22.3 Å². The third kappa shape index (κ3) is 4.30. The van der Waals surface area contributed by atoms with Crippen LogP contribution in [0.4, 0.5) is 10.1 Å². The van der Waals surface area contributed by atoms with Crippen molar-refractivity contribution >= 4 is 21.7 Å². The Hall–Kier alpha value is -3.99. The van der Waals surface area contributed by atoms with Crippen molar-refractivity contribution in [3.8, 4) is 17.1 Å². The number of benzene rings is 2. The van der Waals surface area contributed by atoms with Crippen molar-refractivity contribution in [2.24, 2.45) is 7.05 Å². The highest BCUT2D eigenvalue weighted by Gasteiger charge is 2.32. The van der Waals surface area contributed by atoms with E-state index in [0.29, 0.717) is 11.3 Å². The number of carbonyl (C=O) groups is 1. The van der Waals surface area contributed by atoms with Crippen molar-refractivity contribution in [3.63, 3.8) is 0 Å². The topological polar surface area (TPSA) is 108 Å². The zero-order valence-corrected chi connectivity index (χ0v) is 19.8. The van der Waals surface area contributed by atoms with Gasteiger partial charge in [0.05, 0.1) is 34.5 Å². The smallest absolute Gasteiger partial charge is 0.337 e. The Bertz CT molecular complexity index is 1530. The lowest BCUT2D eigenvalue weighted by molar-refractivity contribution is 0.0600. The van der Waals surface area contributed by atoms with Gasteiger partial charge in [0.25, 0.3) is 10.0 Å². The highest BCUT2D eigenvalue weighted by molar-refractivity contribution is 7.92. The third-order valence-corrected chi connectivity index (χ3v) is 7.33. The summed E-state index contributed by atoms with van der Waals surface area (Å²) >= 11 is 0. The summed E-state index contributed by atoms with van der Waals surface area (Å²) in [6.07, 6.45) is 6.38. The number of sulfonamides is 1. The molecule has 180 valence electrons. The van der Waals surface area contributed by atoms with E-state index in [1.165, 1.54) is 36.3 Å². The second-order valence-electron chi connectivity index (χ2n) is 8.27. The first-order valence-electron chi connectivity index (χ1n) is 10.8. The van der Waals surface area contributed by atoms with Gasteiger partial charge in [-0.1, -0.05) is 6.07 Å². The number of hydrogen-bond donors (Lipinski definition) is 1. The Morgan fingerprint density at radius 1 is 1.17 bits per heavy atom. The van der Waals surface area contributed by atoms with Gasteiger partial charge in [-0.25, -0.2) is 27.3 Å². The summed E-state index contributed by atoms with van der Waals surface area (Å²) in [5.41, 5.74) is 1.28. The number of rotatable bonds is 7. The quantitative estimate of drug-likeness (QED) is 0.390. The van der Waals surface area contributed by atoms with E-state index < -0.39 is 21.8 Å². The summed E-state index contributed by atoms with van der Waals surface area (Å²) in [5, 5.41) is 3.98. The summed E-state index contributed by atoms with van der Waals surface area (Å²) in [6, 6.07) is 10.7. The Balaban J connectivity index is 1.65. The van der Waals surface area contributed by atoms with E-state index in [-0.39, 0.29) is 33.5 Å². The molecule has 0 unspecified atom stereocenters. The fraction of sp³-hybridized carbons (Fsp3) is 0.208. The monoisotopic (exact) mass is 495 g/mol. The van der Waals surface area contributed by atoms with Crippen LogP contribution < -0.4 is 4.72 Å². The molecule has 1 aliphatic rings. The lowest BCUT2D eigenvalue weighted by Crippen LogP contribution is -2.18. The van der Waals surface area contributed by atoms with Crippen LogP contribution in [0.2, 0.25) is 0 Å². The number of methoxy groups -OCH3 is 1. The second kappa shape index (κ2) is 8.66. The van der Waals surface area contributed by atoms with Crippen molar-refractivity contribution in [2.75, 3.05) is 11.8 Å². The number of carbonyl (C=O) groups excluding carboxylic acids is 1. The first-order valence-corrected chi connectivity index (χ1v) is 12.3. The van der Waals surface area contributed by atoms with Crippen molar-refractivity contribution in [3.05, 3.63) is 78.1 Å². The van der Waals surface area contributed by atoms with Crippen molar-refractivity contribution in [1.82, 2.24) is 19.3 Å². The van der Waals surface area contributed by atoms with E-state index in [9.17, 15) is 13.2 Å². The van der Waals surface area contributed by atoms with Gasteiger partial charge in [0.1, 0.15) is 12.1 Å². The molecule has 1 N–H and O–H groups in total. The Morgan fingerprint density at radius 3 is 2.54 bits per heavy atom. The van der Waals surface area contributed by atoms with E-state index in [0.717, 1.165) is 12.8 Å². The largest absolute Gasteiger partial charge is 0.465 e. The zero-order valence-electron chi connectivity index (χ0n) is 19.0. The number of esters is 1. The van der Waals surface area contributed by atoms with Crippen LogP contribution in [0.15, 0.2) is 66.1 Å². The van der Waals surface area contributed by atoms with E-state index in [4.69, 9.17) is 4.74 Å². The molecule has 2 aromatic heterocycles. The van der Waals surface area contributed by atoms with E-state index in [1.54, 1.807) is 48.3 Å². The summed E-state index contributed by atoms with van der Waals surface area (Å²) < 4.78 is 52.9. The number of halogens is 1. The number of aromatic nitrogens is 4. The van der Waals surface area contributed by atoms with Crippen LogP contribution in [-0.2, 0) is 21.8 Å². The maximum atomic E-state index is 15.2. The number of anilines is 1. The minimum absolute atomic E-state index is 0.00844. The fourth-order valence-electron chi connectivity index (χ4n) is 4.01. The lowest BCUT2D eigenvalue weighted by Gasteiger charge is -2.18. The number of nitrogens with zero attached hydrogens (tertiary/aromatic N) is 4. The molecule has 0 radical (unpaired) electrons. The molecule has 0 spiro atoms. The van der Waals surface area contributed by atoms with E-state index in [2.05, 4.69) is 14.8 Å². The number of aryl methyl sites for hydroxylation is 1. The van der Waals surface area contributed by atoms with Gasteiger partial charge in [0.15, 0.2) is 5.82 Å². The standard InChI is InChI=1S/C24H22FN5O4S/c1-29-23(26-14-27-29)18-12-20(21(13-19(18)25)30-9-3-4-10-30)28-35(32,33)22-11-16(24(31)34-2)7-8-17(22)15-5-6-15/h3-4,7-15,28H,5-6H2,1-2H3. The van der Waals surface area contributed by atoms with Gasteiger partial charge in [-0.3, -0.25) is 4.72 Å². The zero-order chi connectivity index (χ0) is 24.7. The average Bonchev–Trinajstić information content (AvgIpc) is 3.37. The molecule has 2 aromatic carbocycles. The third-order valence-electron chi connectivity index (χ3n) is 5.91. The van der Waals surface area contributed by atoms with Gasteiger partial charge in [-0.15, -0.1) is 0 Å². The minimum atomic E-state index is -4.17. The summed E-state index contributed by atoms with van der Waals surface area (Å²) in [4.78, 5) is 16.2. The van der Waals surface area contributed by atoms with Gasteiger partial charge in [-0.05, 0) is 54.7 Å². The highest BCUT2D eigenvalue weighted by atomic mass is 32.2. The molecular weight excluding hydrogens is 473 g/mol. The molecule has 5 rings (SSSR count). The predicted molar refractivity (Wildman–Crippen MR) is 126 cm³/mol. The summed E-state index contributed by atoms with van der Waals surface area (Å²) in [5.74, 6) is -0.879. The normalized spacial score (nSPS) is 13.6. The Kier molecular flexibility index (Phi) is 5.64. The molecule has 1 aliphatic carbocycles. The van der Waals surface area contributed by atoms with Gasteiger partial charge in [0.2, 0.25) is 0 Å². The van der Waals surface area contributed by atoms with Crippen LogP contribution in [0.5, 0.6) is 0 Å². The van der Waals surface area contributed by atoms with Crippen LogP contribution >= 0.6 is 0 Å². The van der Waals surface area contributed by atoms with Gasteiger partial charge in [0, 0.05) is 25.5 Å². The average molecular weight is 496 g/mol. The van der Waals surface area contributed by atoms with Crippen LogP contribution in [0.3, 0.4) is 0 Å². The molecule has 4 aromatic rings.